The molecule has 7 heteroatoms. The molecule has 0 aliphatic carbocycles. The van der Waals surface area contributed by atoms with E-state index in [9.17, 15) is 19.8 Å². The third-order valence-electron chi connectivity index (χ3n) is 5.36. The molecule has 2 aromatic carbocycles. The fourth-order valence-electron chi connectivity index (χ4n) is 3.89. The minimum Gasteiger partial charge on any atom is -0.507 e. The van der Waals surface area contributed by atoms with Crippen LogP contribution < -0.4 is 9.64 Å². The number of benzene rings is 2. The third kappa shape index (κ3) is 4.17. The summed E-state index contributed by atoms with van der Waals surface area (Å²) in [4.78, 5) is 31.6. The lowest BCUT2D eigenvalue weighted by atomic mass is 9.95. The molecule has 1 aliphatic heterocycles. The SMILES string of the molecule is Cc1ccc(O)c(N2C(=O)C(=O)/C(=C(/O)c3ccc(OC(C)C)cc3)C2c2ccncc2)c1. The Morgan fingerprint density at radius 2 is 1.70 bits per heavy atom. The largest absolute Gasteiger partial charge is 0.507 e. The highest BCUT2D eigenvalue weighted by Crippen LogP contribution is 2.44. The first-order chi connectivity index (χ1) is 15.8. The van der Waals surface area contributed by atoms with Crippen LogP contribution in [-0.2, 0) is 9.59 Å². The number of phenols is 1. The van der Waals surface area contributed by atoms with E-state index in [4.69, 9.17) is 4.74 Å². The van der Waals surface area contributed by atoms with E-state index in [1.165, 1.54) is 11.0 Å². The zero-order chi connectivity index (χ0) is 23.7. The van der Waals surface area contributed by atoms with Crippen LogP contribution >= 0.6 is 0 Å². The molecule has 168 valence electrons. The van der Waals surface area contributed by atoms with Crippen LogP contribution in [-0.4, -0.2) is 33.0 Å². The highest BCUT2D eigenvalue weighted by atomic mass is 16.5. The maximum absolute atomic E-state index is 13.2. The number of aromatic nitrogens is 1. The van der Waals surface area contributed by atoms with Gasteiger partial charge in [0.05, 0.1) is 23.4 Å². The van der Waals surface area contributed by atoms with E-state index >= 15 is 0 Å². The number of aliphatic hydroxyl groups excluding tert-OH is 1. The molecule has 1 amide bonds. The number of carbonyl (C=O) groups is 2. The number of rotatable bonds is 5. The number of ether oxygens (including phenoxy) is 1. The van der Waals surface area contributed by atoms with Gasteiger partial charge in [0.25, 0.3) is 11.7 Å². The number of nitrogens with zero attached hydrogens (tertiary/aromatic N) is 2. The molecule has 1 saturated heterocycles. The second-order valence-electron chi connectivity index (χ2n) is 8.13. The smallest absolute Gasteiger partial charge is 0.300 e. The molecule has 2 heterocycles. The van der Waals surface area contributed by atoms with Crippen LogP contribution in [0.25, 0.3) is 5.76 Å². The molecular formula is C26H24N2O5. The number of hydrogen-bond acceptors (Lipinski definition) is 6. The Labute approximate surface area is 191 Å². The number of aryl methyl sites for hydroxylation is 1. The molecule has 1 atom stereocenters. The summed E-state index contributed by atoms with van der Waals surface area (Å²) in [7, 11) is 0. The van der Waals surface area contributed by atoms with Gasteiger partial charge < -0.3 is 14.9 Å². The molecule has 4 rings (SSSR count). The van der Waals surface area contributed by atoms with Crippen molar-refractivity contribution in [1.29, 1.82) is 0 Å². The number of hydrogen-bond donors (Lipinski definition) is 2. The quantitative estimate of drug-likeness (QED) is 0.341. The van der Waals surface area contributed by atoms with Crippen LogP contribution in [0.5, 0.6) is 11.5 Å². The molecule has 1 aliphatic rings. The molecule has 2 N–H and O–H groups in total. The summed E-state index contributed by atoms with van der Waals surface area (Å²) < 4.78 is 5.64. The average molecular weight is 444 g/mol. The van der Waals surface area contributed by atoms with Crippen molar-refractivity contribution >= 4 is 23.1 Å². The minimum atomic E-state index is -0.938. The molecule has 0 radical (unpaired) electrons. The average Bonchev–Trinajstić information content (AvgIpc) is 3.06. The topological polar surface area (TPSA) is 100.0 Å². The number of amides is 1. The van der Waals surface area contributed by atoms with Gasteiger partial charge in [0.2, 0.25) is 0 Å². The lowest BCUT2D eigenvalue weighted by Crippen LogP contribution is -2.29. The van der Waals surface area contributed by atoms with Gasteiger partial charge in [0.15, 0.2) is 0 Å². The van der Waals surface area contributed by atoms with Gasteiger partial charge >= 0.3 is 0 Å². The van der Waals surface area contributed by atoms with E-state index in [1.54, 1.807) is 60.9 Å². The van der Waals surface area contributed by atoms with E-state index < -0.39 is 17.7 Å². The lowest BCUT2D eigenvalue weighted by Gasteiger charge is -2.26. The Balaban J connectivity index is 1.88. The summed E-state index contributed by atoms with van der Waals surface area (Å²) in [5, 5.41) is 21.7. The van der Waals surface area contributed by atoms with Crippen molar-refractivity contribution in [3.63, 3.8) is 0 Å². The molecule has 1 unspecified atom stereocenters. The van der Waals surface area contributed by atoms with Crippen LogP contribution in [0.3, 0.4) is 0 Å². The van der Waals surface area contributed by atoms with Crippen LogP contribution in [0.4, 0.5) is 5.69 Å². The second-order valence-corrected chi connectivity index (χ2v) is 8.13. The monoisotopic (exact) mass is 444 g/mol. The second kappa shape index (κ2) is 8.78. The maximum Gasteiger partial charge on any atom is 0.300 e. The van der Waals surface area contributed by atoms with Gasteiger partial charge in [0.1, 0.15) is 17.3 Å². The van der Waals surface area contributed by atoms with Gasteiger partial charge in [0, 0.05) is 18.0 Å². The zero-order valence-electron chi connectivity index (χ0n) is 18.5. The standard InChI is InChI=1S/C26H24N2O5/c1-15(2)33-19-7-5-18(6-8-19)24(30)22-23(17-10-12-27-13-11-17)28(26(32)25(22)31)20-14-16(3)4-9-21(20)29/h4-15,23,29-30H,1-3H3/b24-22+. The number of anilines is 1. The molecule has 3 aromatic rings. The van der Waals surface area contributed by atoms with Crippen LogP contribution in [0.1, 0.15) is 36.6 Å². The van der Waals surface area contributed by atoms with E-state index in [0.717, 1.165) is 5.56 Å². The van der Waals surface area contributed by atoms with E-state index in [-0.39, 0.29) is 28.9 Å². The normalized spacial score (nSPS) is 17.6. The van der Waals surface area contributed by atoms with Crippen LogP contribution in [0, 0.1) is 6.92 Å². The van der Waals surface area contributed by atoms with E-state index in [2.05, 4.69) is 4.98 Å². The first kappa shape index (κ1) is 22.1. The molecule has 7 nitrogen and oxygen atoms in total. The molecule has 0 bridgehead atoms. The molecule has 1 aromatic heterocycles. The highest BCUT2D eigenvalue weighted by molar-refractivity contribution is 6.51. The van der Waals surface area contributed by atoms with Gasteiger partial charge in [-0.15, -0.1) is 0 Å². The summed E-state index contributed by atoms with van der Waals surface area (Å²) >= 11 is 0. The third-order valence-corrected chi connectivity index (χ3v) is 5.36. The van der Waals surface area contributed by atoms with E-state index in [1.807, 2.05) is 20.8 Å². The van der Waals surface area contributed by atoms with Gasteiger partial charge in [-0.25, -0.2) is 0 Å². The number of carbonyl (C=O) groups excluding carboxylic acids is 2. The lowest BCUT2D eigenvalue weighted by molar-refractivity contribution is -0.132. The van der Waals surface area contributed by atoms with Crippen molar-refractivity contribution in [3.8, 4) is 11.5 Å². The van der Waals surface area contributed by atoms with Crippen molar-refractivity contribution in [2.45, 2.75) is 32.9 Å². The van der Waals surface area contributed by atoms with Crippen LogP contribution in [0.2, 0.25) is 0 Å². The summed E-state index contributed by atoms with van der Waals surface area (Å²) in [5.41, 5.74) is 1.88. The van der Waals surface area contributed by atoms with Crippen molar-refractivity contribution in [2.24, 2.45) is 0 Å². The Hall–Kier alpha value is -4.13. The first-order valence-electron chi connectivity index (χ1n) is 10.6. The number of pyridine rings is 1. The number of phenolic OH excluding ortho intramolecular Hbond substituents is 1. The summed E-state index contributed by atoms with van der Waals surface area (Å²) in [6.45, 7) is 5.64. The Morgan fingerprint density at radius 1 is 1.03 bits per heavy atom. The molecule has 33 heavy (non-hydrogen) atoms. The van der Waals surface area contributed by atoms with Gasteiger partial charge in [-0.1, -0.05) is 6.07 Å². The van der Waals surface area contributed by atoms with Crippen molar-refractivity contribution < 1.29 is 24.5 Å². The first-order valence-corrected chi connectivity index (χ1v) is 10.6. The molecule has 1 fully saturated rings. The number of ketones is 1. The highest BCUT2D eigenvalue weighted by Gasteiger charge is 2.47. The predicted molar refractivity (Wildman–Crippen MR) is 124 cm³/mol. The summed E-state index contributed by atoms with van der Waals surface area (Å²) in [6, 6.07) is 13.9. The summed E-state index contributed by atoms with van der Waals surface area (Å²) in [6.07, 6.45) is 3.08. The Kier molecular flexibility index (Phi) is 5.87. The summed E-state index contributed by atoms with van der Waals surface area (Å²) in [5.74, 6) is -1.49. The van der Waals surface area contributed by atoms with Crippen LogP contribution in [0.15, 0.2) is 72.6 Å². The van der Waals surface area contributed by atoms with Crippen molar-refractivity contribution in [1.82, 2.24) is 4.98 Å². The maximum atomic E-state index is 13.2. The predicted octanol–water partition coefficient (Wildman–Crippen LogP) is 4.51. The number of Topliss-reactive ketones (excluding diaryl/α,β-unsaturated/α-hetero) is 1. The van der Waals surface area contributed by atoms with Gasteiger partial charge in [-0.3, -0.25) is 19.5 Å². The van der Waals surface area contributed by atoms with Crippen molar-refractivity contribution in [2.75, 3.05) is 4.90 Å². The van der Waals surface area contributed by atoms with E-state index in [0.29, 0.717) is 16.9 Å². The fourth-order valence-corrected chi connectivity index (χ4v) is 3.89. The van der Waals surface area contributed by atoms with Gasteiger partial charge in [-0.05, 0) is 80.4 Å². The van der Waals surface area contributed by atoms with Crippen molar-refractivity contribution in [3.05, 3.63) is 89.3 Å². The minimum absolute atomic E-state index is 0.0107. The molecular weight excluding hydrogens is 420 g/mol. The number of aromatic hydroxyl groups is 1. The molecule has 0 spiro atoms. The number of aliphatic hydroxyl groups is 1. The van der Waals surface area contributed by atoms with Gasteiger partial charge in [-0.2, -0.15) is 0 Å². The zero-order valence-corrected chi connectivity index (χ0v) is 18.5. The molecule has 0 saturated carbocycles. The fraction of sp³-hybridized carbons (Fsp3) is 0.192. The Bertz CT molecular complexity index is 1230. The Morgan fingerprint density at radius 3 is 2.33 bits per heavy atom.